The molecule has 1 aliphatic heterocycles. The Hall–Kier alpha value is 0.0144. The second-order valence-corrected chi connectivity index (χ2v) is 43.2. The van der Waals surface area contributed by atoms with Crippen LogP contribution in [0.5, 0.6) is 0 Å². The van der Waals surface area contributed by atoms with Gasteiger partial charge in [0.25, 0.3) is 0 Å². The molecule has 1 aromatic carbocycles. The van der Waals surface area contributed by atoms with E-state index in [1.807, 2.05) is 13.1 Å². The van der Waals surface area contributed by atoms with Crippen molar-refractivity contribution in [2.45, 2.75) is 153 Å². The normalized spacial score (nSPS) is 24.5. The Bertz CT molecular complexity index is 1400. The Morgan fingerprint density at radius 3 is 1.74 bits per heavy atom. The minimum Gasteiger partial charge on any atom is -0.432 e. The zero-order chi connectivity index (χ0) is 38.3. The van der Waals surface area contributed by atoms with E-state index >= 15 is 0 Å². The molecule has 2 heterocycles. The van der Waals surface area contributed by atoms with E-state index in [9.17, 15) is 9.90 Å². The van der Waals surface area contributed by atoms with Gasteiger partial charge >= 0.3 is 0 Å². The third-order valence-electron chi connectivity index (χ3n) is 9.08. The number of benzene rings is 1. The minimum absolute atomic E-state index is 0.138. The van der Waals surface area contributed by atoms with Crippen molar-refractivity contribution in [3.05, 3.63) is 56.2 Å². The Kier molecular flexibility index (Phi) is 14.2. The fraction of sp³-hybridized carbons (Fsp3) is 0.722. The van der Waals surface area contributed by atoms with Crippen LogP contribution < -0.4 is 0 Å². The highest BCUT2D eigenvalue weighted by Crippen LogP contribution is 2.48. The van der Waals surface area contributed by atoms with Gasteiger partial charge in [0, 0.05) is 4.88 Å². The number of rotatable bonds is 16. The average molecular weight is 820 g/mol. The summed E-state index contributed by atoms with van der Waals surface area (Å²) in [5, 5.41) is 11.4. The molecule has 2 aromatic rings. The number of halogens is 1. The Morgan fingerprint density at radius 2 is 1.28 bits per heavy atom. The maximum atomic E-state index is 11.6. The van der Waals surface area contributed by atoms with Crippen molar-refractivity contribution in [2.24, 2.45) is 0 Å². The van der Waals surface area contributed by atoms with E-state index in [0.717, 1.165) is 22.4 Å². The van der Waals surface area contributed by atoms with Gasteiger partial charge in [-0.25, -0.2) is 0 Å². The number of hydrogen-bond acceptors (Lipinski definition) is 8. The van der Waals surface area contributed by atoms with Crippen molar-refractivity contribution >= 4 is 64.5 Å². The fourth-order valence-electron chi connectivity index (χ4n) is 6.01. The van der Waals surface area contributed by atoms with Crippen LogP contribution in [-0.2, 0) is 40.9 Å². The van der Waals surface area contributed by atoms with Gasteiger partial charge in [0.2, 0.25) is 0 Å². The molecule has 0 bridgehead atoms. The molecule has 3 rings (SSSR count). The van der Waals surface area contributed by atoms with E-state index in [-0.39, 0.29) is 11.6 Å². The lowest BCUT2D eigenvalue weighted by Gasteiger charge is -2.55. The van der Waals surface area contributed by atoms with Gasteiger partial charge in [-0.3, -0.25) is 0 Å². The lowest BCUT2D eigenvalue weighted by molar-refractivity contribution is -0.275. The van der Waals surface area contributed by atoms with Gasteiger partial charge in [0.1, 0.15) is 24.4 Å². The quantitative estimate of drug-likeness (QED) is 0.163. The predicted molar refractivity (Wildman–Crippen MR) is 224 cm³/mol. The van der Waals surface area contributed by atoms with Crippen LogP contribution in [0.2, 0.25) is 101 Å². The average Bonchev–Trinajstić information content (AvgIpc) is 3.28. The molecule has 2 N–H and O–H groups in total. The summed E-state index contributed by atoms with van der Waals surface area (Å²) in [6.07, 6.45) is -0.560. The van der Waals surface area contributed by atoms with Crippen LogP contribution in [0.25, 0.3) is 0 Å². The summed E-state index contributed by atoms with van der Waals surface area (Å²) < 4.78 is 35.5. The van der Waals surface area contributed by atoms with Crippen molar-refractivity contribution < 1.29 is 32.3 Å². The second kappa shape index (κ2) is 16.0. The van der Waals surface area contributed by atoms with E-state index in [1.54, 1.807) is 0 Å². The van der Waals surface area contributed by atoms with Crippen LogP contribution >= 0.6 is 22.9 Å². The summed E-state index contributed by atoms with van der Waals surface area (Å²) in [6, 6.07) is 10.7. The molecule has 14 heteroatoms. The smallest absolute Gasteiger partial charge is 0.188 e. The molecule has 0 radical (unpaired) electrons. The second-order valence-electron chi connectivity index (χ2n) is 19.2. The topological polar surface area (TPSA) is 86.6 Å². The molecule has 1 aromatic heterocycles. The number of aliphatic hydroxyl groups is 1. The highest BCUT2D eigenvalue weighted by Gasteiger charge is 2.60. The van der Waals surface area contributed by atoms with E-state index in [2.05, 4.69) is 123 Å². The van der Waals surface area contributed by atoms with Crippen LogP contribution in [0.3, 0.4) is 0 Å². The van der Waals surface area contributed by atoms with Gasteiger partial charge < -0.3 is 32.3 Å². The Labute approximate surface area is 318 Å². The van der Waals surface area contributed by atoms with Crippen LogP contribution in [-0.4, -0.2) is 89.1 Å². The summed E-state index contributed by atoms with van der Waals surface area (Å²) >= 11 is 8.51. The summed E-state index contributed by atoms with van der Waals surface area (Å²) in [7, 11) is -10.8. The summed E-state index contributed by atoms with van der Waals surface area (Å²) in [6.45, 7) is 34.5. The fourth-order valence-corrected chi connectivity index (χ4v) is 12.0. The van der Waals surface area contributed by atoms with E-state index in [1.165, 1.54) is 16.9 Å². The van der Waals surface area contributed by atoms with E-state index < -0.39 is 71.6 Å². The molecule has 286 valence electrons. The lowest BCUT2D eigenvalue weighted by atomic mass is 9.83. The molecule has 7 nitrogen and oxygen atoms in total. The SMILES string of the molecule is CC(C)(Cc1ccc(Cc2cc(C3(CO)O[C@H](CO[Si](C)(C)C)[C@@H](O[Si](C)(C)C)[C@H](O[Si](C)(C)C)[C@H]3O[Si](C)(C)C)sc2Cl)cc1)[Si](C)(C)O. The maximum absolute atomic E-state index is 11.6. The standard InChI is InChI=1S/C36H67ClO7SSi5/c1-35(2,50(15,16)39)23-27-19-17-26(18-20-27)21-28-22-30(45-34(28)37)36(25-38)33(44-49(12,13)14)32(43-48(9,10)11)31(42-47(6,7)8)29(41-36)24-40-46(3,4)5/h17-20,22,29,31-33,38-39H,21,23-25H2,1-16H3/t29-,31-,32+,33-,36?/m1/s1. The largest absolute Gasteiger partial charge is 0.432 e. The molecule has 0 saturated carbocycles. The zero-order valence-electron chi connectivity index (χ0n) is 33.7. The van der Waals surface area contributed by atoms with Crippen LogP contribution in [0.4, 0.5) is 0 Å². The number of aliphatic hydroxyl groups excluding tert-OH is 1. The maximum Gasteiger partial charge on any atom is 0.188 e. The van der Waals surface area contributed by atoms with Crippen molar-refractivity contribution in [3.63, 3.8) is 0 Å². The molecule has 5 atom stereocenters. The molecule has 1 saturated heterocycles. The van der Waals surface area contributed by atoms with E-state index in [0.29, 0.717) is 17.4 Å². The highest BCUT2D eigenvalue weighted by atomic mass is 35.5. The highest BCUT2D eigenvalue weighted by molar-refractivity contribution is 7.16. The molecule has 0 spiro atoms. The first-order valence-corrected chi connectivity index (χ1v) is 35.8. The van der Waals surface area contributed by atoms with Crippen molar-refractivity contribution in [3.8, 4) is 0 Å². The third-order valence-corrected chi connectivity index (χ3v) is 18.1. The molecule has 50 heavy (non-hydrogen) atoms. The molecular formula is C36H67ClO7SSi5. The zero-order valence-corrected chi connectivity index (χ0v) is 40.3. The minimum atomic E-state index is -2.32. The van der Waals surface area contributed by atoms with Crippen LogP contribution in [0.15, 0.2) is 30.3 Å². The molecule has 0 amide bonds. The summed E-state index contributed by atoms with van der Waals surface area (Å²) in [5.74, 6) is 0. The van der Waals surface area contributed by atoms with Gasteiger partial charge in [-0.2, -0.15) is 0 Å². The third kappa shape index (κ3) is 12.3. The number of ether oxygens (including phenoxy) is 1. The number of thiophene rings is 1. The molecule has 1 unspecified atom stereocenters. The summed E-state index contributed by atoms with van der Waals surface area (Å²) in [5.41, 5.74) is 2.09. The first-order valence-electron chi connectivity index (χ1n) is 18.0. The molecule has 1 fully saturated rings. The first kappa shape index (κ1) is 44.4. The monoisotopic (exact) mass is 818 g/mol. The molecular weight excluding hydrogens is 752 g/mol. The predicted octanol–water partition coefficient (Wildman–Crippen LogP) is 9.61. The van der Waals surface area contributed by atoms with Crippen LogP contribution in [0, 0.1) is 0 Å². The number of hydrogen-bond donors (Lipinski definition) is 2. The van der Waals surface area contributed by atoms with Crippen LogP contribution in [0.1, 0.15) is 35.4 Å². The molecule has 0 aliphatic carbocycles. The van der Waals surface area contributed by atoms with E-state index in [4.69, 9.17) is 34.0 Å². The first-order chi connectivity index (χ1) is 22.5. The van der Waals surface area contributed by atoms with Gasteiger partial charge in [0.15, 0.2) is 47.2 Å². The van der Waals surface area contributed by atoms with Gasteiger partial charge in [0.05, 0.1) is 17.6 Å². The Morgan fingerprint density at radius 1 is 0.780 bits per heavy atom. The van der Waals surface area contributed by atoms with Gasteiger partial charge in [-0.05, 0) is 132 Å². The van der Waals surface area contributed by atoms with Gasteiger partial charge in [-0.1, -0.05) is 49.7 Å². The van der Waals surface area contributed by atoms with Crippen molar-refractivity contribution in [1.82, 2.24) is 0 Å². The lowest BCUT2D eigenvalue weighted by Crippen LogP contribution is -2.70. The summed E-state index contributed by atoms with van der Waals surface area (Å²) in [4.78, 5) is 11.6. The molecule has 1 aliphatic rings. The van der Waals surface area contributed by atoms with Crippen molar-refractivity contribution in [1.29, 1.82) is 0 Å². The van der Waals surface area contributed by atoms with Gasteiger partial charge in [-0.15, -0.1) is 11.3 Å². The van der Waals surface area contributed by atoms with Crippen molar-refractivity contribution in [2.75, 3.05) is 13.2 Å². The Balaban J connectivity index is 2.13.